The van der Waals surface area contributed by atoms with Gasteiger partial charge in [-0.05, 0) is 27.7 Å². The molecule has 2 N–H and O–H groups in total. The molecule has 1 rings (SSSR count). The summed E-state index contributed by atoms with van der Waals surface area (Å²) >= 11 is 0. The molecule has 1 aromatic heterocycles. The van der Waals surface area contributed by atoms with Crippen LogP contribution in [-0.4, -0.2) is 34.3 Å². The van der Waals surface area contributed by atoms with E-state index in [-0.39, 0.29) is 6.09 Å². The standard InChI is InChI=1S/C13H24N4O2/c1-5-17-9-8-15-11(17)10-14-6-7-16-12(18)19-13(2,3)4/h8-9,14H,5-7,10H2,1-4H3,(H,16,18). The fourth-order valence-corrected chi connectivity index (χ4v) is 1.56. The van der Waals surface area contributed by atoms with Crippen molar-refractivity contribution in [2.45, 2.75) is 46.4 Å². The molecule has 1 heterocycles. The van der Waals surface area contributed by atoms with Gasteiger partial charge in [0.1, 0.15) is 11.4 Å². The maximum absolute atomic E-state index is 11.4. The van der Waals surface area contributed by atoms with Crippen LogP contribution in [-0.2, 0) is 17.8 Å². The molecule has 0 aliphatic carbocycles. The second-order valence-electron chi connectivity index (χ2n) is 5.23. The van der Waals surface area contributed by atoms with Gasteiger partial charge in [-0.3, -0.25) is 0 Å². The van der Waals surface area contributed by atoms with E-state index in [0.717, 1.165) is 12.4 Å². The Morgan fingerprint density at radius 2 is 2.16 bits per heavy atom. The lowest BCUT2D eigenvalue weighted by atomic mass is 10.2. The number of hydrogen-bond donors (Lipinski definition) is 2. The van der Waals surface area contributed by atoms with E-state index in [2.05, 4.69) is 27.1 Å². The normalized spacial score (nSPS) is 11.4. The SMILES string of the molecule is CCn1ccnc1CNCCNC(=O)OC(C)(C)C. The van der Waals surface area contributed by atoms with Gasteiger partial charge in [0.05, 0.1) is 6.54 Å². The second-order valence-corrected chi connectivity index (χ2v) is 5.23. The van der Waals surface area contributed by atoms with Crippen LogP contribution < -0.4 is 10.6 Å². The fourth-order valence-electron chi connectivity index (χ4n) is 1.56. The summed E-state index contributed by atoms with van der Waals surface area (Å²) in [4.78, 5) is 15.6. The minimum absolute atomic E-state index is 0.385. The summed E-state index contributed by atoms with van der Waals surface area (Å²) in [5.74, 6) is 1.000. The van der Waals surface area contributed by atoms with Crippen LogP contribution in [0, 0.1) is 0 Å². The number of carbonyl (C=O) groups is 1. The summed E-state index contributed by atoms with van der Waals surface area (Å²) in [5, 5.41) is 5.92. The quantitative estimate of drug-likeness (QED) is 0.768. The summed E-state index contributed by atoms with van der Waals surface area (Å²) in [5.41, 5.74) is -0.455. The van der Waals surface area contributed by atoms with Crippen molar-refractivity contribution in [3.63, 3.8) is 0 Å². The minimum atomic E-state index is -0.455. The van der Waals surface area contributed by atoms with E-state index in [1.165, 1.54) is 0 Å². The number of aryl methyl sites for hydroxylation is 1. The highest BCUT2D eigenvalue weighted by atomic mass is 16.6. The molecule has 1 aromatic rings. The average molecular weight is 268 g/mol. The maximum Gasteiger partial charge on any atom is 0.407 e. The summed E-state index contributed by atoms with van der Waals surface area (Å²) in [7, 11) is 0. The molecular formula is C13H24N4O2. The number of nitrogens with one attached hydrogen (secondary N) is 2. The molecule has 0 atom stereocenters. The van der Waals surface area contributed by atoms with Crippen LogP contribution in [0.3, 0.4) is 0 Å². The number of aromatic nitrogens is 2. The lowest BCUT2D eigenvalue weighted by Crippen LogP contribution is -2.36. The topological polar surface area (TPSA) is 68.2 Å². The van der Waals surface area contributed by atoms with Crippen LogP contribution in [0.1, 0.15) is 33.5 Å². The van der Waals surface area contributed by atoms with Crippen molar-refractivity contribution < 1.29 is 9.53 Å². The van der Waals surface area contributed by atoms with Gasteiger partial charge < -0.3 is 19.9 Å². The number of hydrogen-bond acceptors (Lipinski definition) is 4. The monoisotopic (exact) mass is 268 g/mol. The van der Waals surface area contributed by atoms with Gasteiger partial charge in [-0.2, -0.15) is 0 Å². The first-order valence-electron chi connectivity index (χ1n) is 6.60. The Morgan fingerprint density at radius 3 is 2.79 bits per heavy atom. The Bertz CT molecular complexity index is 396. The minimum Gasteiger partial charge on any atom is -0.444 e. The zero-order valence-electron chi connectivity index (χ0n) is 12.2. The highest BCUT2D eigenvalue weighted by Crippen LogP contribution is 2.05. The summed E-state index contributed by atoms with van der Waals surface area (Å²) in [6.45, 7) is 10.4. The van der Waals surface area contributed by atoms with E-state index in [1.54, 1.807) is 6.20 Å². The van der Waals surface area contributed by atoms with Gasteiger partial charge in [0.15, 0.2) is 0 Å². The smallest absolute Gasteiger partial charge is 0.407 e. The maximum atomic E-state index is 11.4. The van der Waals surface area contributed by atoms with Crippen molar-refractivity contribution in [2.24, 2.45) is 0 Å². The Kier molecular flexibility index (Phi) is 5.82. The van der Waals surface area contributed by atoms with E-state index >= 15 is 0 Å². The average Bonchev–Trinajstić information content (AvgIpc) is 2.73. The summed E-state index contributed by atoms with van der Waals surface area (Å²) < 4.78 is 7.21. The first-order chi connectivity index (χ1) is 8.92. The molecule has 0 aliphatic heterocycles. The molecule has 0 spiro atoms. The number of carbonyl (C=O) groups excluding carboxylic acids is 1. The van der Waals surface area contributed by atoms with Crippen LogP contribution in [0.15, 0.2) is 12.4 Å². The molecule has 0 saturated carbocycles. The van der Waals surface area contributed by atoms with Gasteiger partial charge in [0.25, 0.3) is 0 Å². The molecule has 0 aromatic carbocycles. The Labute approximate surface area is 114 Å². The summed E-state index contributed by atoms with van der Waals surface area (Å²) in [6.07, 6.45) is 3.36. The molecule has 108 valence electrons. The number of nitrogens with zero attached hydrogens (tertiary/aromatic N) is 2. The van der Waals surface area contributed by atoms with Crippen molar-refractivity contribution in [2.75, 3.05) is 13.1 Å². The zero-order chi connectivity index (χ0) is 14.3. The van der Waals surface area contributed by atoms with Crippen LogP contribution >= 0.6 is 0 Å². The number of rotatable bonds is 6. The second kappa shape index (κ2) is 7.13. The molecule has 0 aliphatic rings. The number of ether oxygens (including phenoxy) is 1. The van der Waals surface area contributed by atoms with Gasteiger partial charge in [-0.1, -0.05) is 0 Å². The van der Waals surface area contributed by atoms with Crippen molar-refractivity contribution >= 4 is 6.09 Å². The van der Waals surface area contributed by atoms with Crippen LogP contribution in [0.5, 0.6) is 0 Å². The third-order valence-corrected chi connectivity index (χ3v) is 2.40. The van der Waals surface area contributed by atoms with Crippen LogP contribution in [0.4, 0.5) is 4.79 Å². The Morgan fingerprint density at radius 1 is 1.42 bits per heavy atom. The molecule has 1 amide bonds. The molecule has 0 bridgehead atoms. The van der Waals surface area contributed by atoms with Gasteiger partial charge in [-0.25, -0.2) is 9.78 Å². The van der Waals surface area contributed by atoms with E-state index in [4.69, 9.17) is 4.74 Å². The van der Waals surface area contributed by atoms with Gasteiger partial charge in [0, 0.05) is 32.0 Å². The fraction of sp³-hybridized carbons (Fsp3) is 0.692. The lowest BCUT2D eigenvalue weighted by Gasteiger charge is -2.19. The van der Waals surface area contributed by atoms with Crippen molar-refractivity contribution in [1.82, 2.24) is 20.2 Å². The third kappa shape index (κ3) is 6.24. The highest BCUT2D eigenvalue weighted by molar-refractivity contribution is 5.67. The largest absolute Gasteiger partial charge is 0.444 e. The van der Waals surface area contributed by atoms with E-state index in [9.17, 15) is 4.79 Å². The molecule has 0 radical (unpaired) electrons. The van der Waals surface area contributed by atoms with Crippen molar-refractivity contribution in [3.8, 4) is 0 Å². The number of amides is 1. The summed E-state index contributed by atoms with van der Waals surface area (Å²) in [6, 6.07) is 0. The number of alkyl carbamates (subject to hydrolysis) is 1. The van der Waals surface area contributed by atoms with Gasteiger partial charge >= 0.3 is 6.09 Å². The molecule has 6 nitrogen and oxygen atoms in total. The first kappa shape index (κ1) is 15.5. The third-order valence-electron chi connectivity index (χ3n) is 2.40. The molecule has 6 heteroatoms. The van der Waals surface area contributed by atoms with Gasteiger partial charge in [0.2, 0.25) is 0 Å². The van der Waals surface area contributed by atoms with E-state index in [1.807, 2.05) is 27.0 Å². The Balaban J connectivity index is 2.13. The molecular weight excluding hydrogens is 244 g/mol. The lowest BCUT2D eigenvalue weighted by molar-refractivity contribution is 0.0528. The van der Waals surface area contributed by atoms with Crippen LogP contribution in [0.2, 0.25) is 0 Å². The zero-order valence-corrected chi connectivity index (χ0v) is 12.2. The predicted octanol–water partition coefficient (Wildman–Crippen LogP) is 1.52. The van der Waals surface area contributed by atoms with E-state index < -0.39 is 5.60 Å². The Hall–Kier alpha value is -1.56. The van der Waals surface area contributed by atoms with Crippen molar-refractivity contribution in [1.29, 1.82) is 0 Å². The van der Waals surface area contributed by atoms with E-state index in [0.29, 0.717) is 19.6 Å². The van der Waals surface area contributed by atoms with Crippen molar-refractivity contribution in [3.05, 3.63) is 18.2 Å². The molecule has 0 saturated heterocycles. The van der Waals surface area contributed by atoms with Gasteiger partial charge in [-0.15, -0.1) is 0 Å². The highest BCUT2D eigenvalue weighted by Gasteiger charge is 2.15. The molecule has 0 fully saturated rings. The predicted molar refractivity (Wildman–Crippen MR) is 73.8 cm³/mol. The first-order valence-corrected chi connectivity index (χ1v) is 6.60. The van der Waals surface area contributed by atoms with Crippen LogP contribution in [0.25, 0.3) is 0 Å². The molecule has 0 unspecified atom stereocenters. The number of imidazole rings is 1. The molecule has 19 heavy (non-hydrogen) atoms.